The van der Waals surface area contributed by atoms with E-state index < -0.39 is 5.60 Å². The van der Waals surface area contributed by atoms with Gasteiger partial charge in [0.15, 0.2) is 0 Å². The van der Waals surface area contributed by atoms with Gasteiger partial charge in [0.2, 0.25) is 5.95 Å². The molecule has 1 unspecified atom stereocenters. The molecule has 3 aromatic rings. The van der Waals surface area contributed by atoms with Gasteiger partial charge in [-0.2, -0.15) is 11.8 Å². The molecule has 0 aliphatic heterocycles. The van der Waals surface area contributed by atoms with Crippen LogP contribution >= 0.6 is 11.8 Å². The van der Waals surface area contributed by atoms with E-state index in [2.05, 4.69) is 10.3 Å². The molecule has 2 aromatic carbocycles. The first kappa shape index (κ1) is 16.7. The summed E-state index contributed by atoms with van der Waals surface area (Å²) in [6, 6.07) is 18.1. The molecule has 1 heterocycles. The molecule has 4 nitrogen and oxygen atoms in total. The number of anilines is 1. The lowest BCUT2D eigenvalue weighted by Gasteiger charge is -2.22. The van der Waals surface area contributed by atoms with Gasteiger partial charge in [-0.3, -0.25) is 0 Å². The van der Waals surface area contributed by atoms with Gasteiger partial charge in [0.1, 0.15) is 0 Å². The topological polar surface area (TPSA) is 58.0 Å². The number of para-hydroxylation sites is 1. The zero-order valence-corrected chi connectivity index (χ0v) is 14.7. The SMILES string of the molecule is CSCC(C)(O)CNc1nc(-c2ccccc2)c2ccccc2n1. The van der Waals surface area contributed by atoms with Crippen LogP contribution in [0.2, 0.25) is 0 Å². The number of hydrogen-bond acceptors (Lipinski definition) is 5. The summed E-state index contributed by atoms with van der Waals surface area (Å²) >= 11 is 1.62. The third kappa shape index (κ3) is 3.86. The van der Waals surface area contributed by atoms with E-state index in [0.29, 0.717) is 18.2 Å². The lowest BCUT2D eigenvalue weighted by molar-refractivity contribution is 0.0995. The molecule has 0 fully saturated rings. The average Bonchev–Trinajstić information content (AvgIpc) is 2.60. The summed E-state index contributed by atoms with van der Waals surface area (Å²) in [5.74, 6) is 1.19. The van der Waals surface area contributed by atoms with E-state index in [9.17, 15) is 5.11 Å². The van der Waals surface area contributed by atoms with Crippen LogP contribution in [-0.4, -0.2) is 39.2 Å². The van der Waals surface area contributed by atoms with Gasteiger partial charge in [0.25, 0.3) is 0 Å². The Morgan fingerprint density at radius 1 is 1.04 bits per heavy atom. The number of rotatable bonds is 6. The Hall–Kier alpha value is -2.11. The molecule has 0 aliphatic rings. The third-order valence-electron chi connectivity index (χ3n) is 3.73. The Kier molecular flexibility index (Phi) is 5.02. The van der Waals surface area contributed by atoms with Crippen molar-refractivity contribution in [2.45, 2.75) is 12.5 Å². The van der Waals surface area contributed by atoms with Crippen LogP contribution < -0.4 is 5.32 Å². The lowest BCUT2D eigenvalue weighted by atomic mass is 10.1. The molecule has 3 rings (SSSR count). The molecular formula is C19H21N3OS. The van der Waals surface area contributed by atoms with E-state index >= 15 is 0 Å². The van der Waals surface area contributed by atoms with Crippen LogP contribution in [0.25, 0.3) is 22.2 Å². The molecule has 24 heavy (non-hydrogen) atoms. The monoisotopic (exact) mass is 339 g/mol. The summed E-state index contributed by atoms with van der Waals surface area (Å²) < 4.78 is 0. The van der Waals surface area contributed by atoms with E-state index in [1.165, 1.54) is 0 Å². The van der Waals surface area contributed by atoms with Crippen molar-refractivity contribution in [1.29, 1.82) is 0 Å². The predicted octanol–water partition coefficient (Wildman–Crippen LogP) is 3.82. The molecule has 0 saturated heterocycles. The Morgan fingerprint density at radius 3 is 2.50 bits per heavy atom. The number of nitrogens with zero attached hydrogens (tertiary/aromatic N) is 2. The number of aromatic nitrogens is 2. The van der Waals surface area contributed by atoms with E-state index in [1.807, 2.05) is 67.8 Å². The van der Waals surface area contributed by atoms with Crippen molar-refractivity contribution in [3.05, 3.63) is 54.6 Å². The quantitative estimate of drug-likeness (QED) is 0.715. The summed E-state index contributed by atoms with van der Waals surface area (Å²) in [7, 11) is 0. The normalized spacial score (nSPS) is 13.6. The van der Waals surface area contributed by atoms with Gasteiger partial charge in [-0.15, -0.1) is 0 Å². The van der Waals surface area contributed by atoms with E-state index in [0.717, 1.165) is 22.2 Å². The Bertz CT molecular complexity index is 821. The molecule has 0 radical (unpaired) electrons. The summed E-state index contributed by atoms with van der Waals surface area (Å²) in [5, 5.41) is 14.5. The molecule has 0 spiro atoms. The van der Waals surface area contributed by atoms with Gasteiger partial charge in [0.05, 0.1) is 16.8 Å². The number of benzene rings is 2. The van der Waals surface area contributed by atoms with Gasteiger partial charge in [-0.1, -0.05) is 48.5 Å². The maximum atomic E-state index is 10.3. The number of thioether (sulfide) groups is 1. The molecule has 5 heteroatoms. The minimum absolute atomic E-state index is 0.403. The van der Waals surface area contributed by atoms with Crippen molar-refractivity contribution in [1.82, 2.24) is 9.97 Å². The molecule has 0 bridgehead atoms. The van der Waals surface area contributed by atoms with Crippen molar-refractivity contribution in [3.63, 3.8) is 0 Å². The van der Waals surface area contributed by atoms with Crippen molar-refractivity contribution in [2.24, 2.45) is 0 Å². The first-order valence-electron chi connectivity index (χ1n) is 7.86. The Balaban J connectivity index is 1.98. The molecular weight excluding hydrogens is 318 g/mol. The first-order chi connectivity index (χ1) is 11.6. The maximum Gasteiger partial charge on any atom is 0.223 e. The lowest BCUT2D eigenvalue weighted by Crippen LogP contribution is -2.36. The standard InChI is InChI=1S/C19H21N3OS/c1-19(23,13-24-2)12-20-18-21-16-11-7-6-10-15(16)17(22-18)14-8-4-3-5-9-14/h3-11,23H,12-13H2,1-2H3,(H,20,21,22). The summed E-state index contributed by atoms with van der Waals surface area (Å²) in [6.45, 7) is 2.22. The maximum absolute atomic E-state index is 10.3. The fraction of sp³-hybridized carbons (Fsp3) is 0.263. The van der Waals surface area contributed by atoms with Gasteiger partial charge in [0, 0.05) is 23.2 Å². The van der Waals surface area contributed by atoms with Crippen molar-refractivity contribution >= 4 is 28.6 Å². The van der Waals surface area contributed by atoms with Crippen molar-refractivity contribution in [2.75, 3.05) is 23.9 Å². The highest BCUT2D eigenvalue weighted by atomic mass is 32.2. The largest absolute Gasteiger partial charge is 0.387 e. The van der Waals surface area contributed by atoms with Gasteiger partial charge >= 0.3 is 0 Å². The summed E-state index contributed by atoms with van der Waals surface area (Å²) in [6.07, 6.45) is 1.98. The Labute approximate surface area is 146 Å². The van der Waals surface area contributed by atoms with Crippen LogP contribution in [0, 0.1) is 0 Å². The van der Waals surface area contributed by atoms with Crippen molar-refractivity contribution in [3.8, 4) is 11.3 Å². The van der Waals surface area contributed by atoms with Crippen LogP contribution in [0.4, 0.5) is 5.95 Å². The smallest absolute Gasteiger partial charge is 0.223 e. The average molecular weight is 339 g/mol. The van der Waals surface area contributed by atoms with Crippen LogP contribution in [-0.2, 0) is 0 Å². The van der Waals surface area contributed by atoms with Crippen LogP contribution in [0.5, 0.6) is 0 Å². The highest BCUT2D eigenvalue weighted by molar-refractivity contribution is 7.98. The second-order valence-corrected chi connectivity index (χ2v) is 6.93. The van der Waals surface area contributed by atoms with Crippen LogP contribution in [0.15, 0.2) is 54.6 Å². The predicted molar refractivity (Wildman–Crippen MR) is 102 cm³/mol. The third-order valence-corrected chi connectivity index (χ3v) is 4.64. The first-order valence-corrected chi connectivity index (χ1v) is 9.26. The molecule has 2 N–H and O–H groups in total. The highest BCUT2D eigenvalue weighted by Gasteiger charge is 2.20. The van der Waals surface area contributed by atoms with E-state index in [-0.39, 0.29) is 0 Å². The summed E-state index contributed by atoms with van der Waals surface area (Å²) in [5.41, 5.74) is 2.03. The molecule has 1 aromatic heterocycles. The summed E-state index contributed by atoms with van der Waals surface area (Å²) in [4.78, 5) is 9.28. The minimum Gasteiger partial charge on any atom is -0.387 e. The van der Waals surface area contributed by atoms with E-state index in [4.69, 9.17) is 4.98 Å². The minimum atomic E-state index is -0.804. The van der Waals surface area contributed by atoms with Gasteiger partial charge in [-0.25, -0.2) is 9.97 Å². The molecule has 0 saturated carbocycles. The fourth-order valence-corrected chi connectivity index (χ4v) is 3.33. The number of nitrogens with one attached hydrogen (secondary N) is 1. The number of hydrogen-bond donors (Lipinski definition) is 2. The van der Waals surface area contributed by atoms with Crippen molar-refractivity contribution < 1.29 is 5.11 Å². The fourth-order valence-electron chi connectivity index (χ4n) is 2.60. The second kappa shape index (κ2) is 7.20. The zero-order chi connectivity index (χ0) is 17.0. The molecule has 1 atom stereocenters. The number of fused-ring (bicyclic) bond motifs is 1. The number of aliphatic hydroxyl groups is 1. The van der Waals surface area contributed by atoms with E-state index in [1.54, 1.807) is 11.8 Å². The molecule has 0 aliphatic carbocycles. The van der Waals surface area contributed by atoms with Crippen LogP contribution in [0.1, 0.15) is 6.92 Å². The Morgan fingerprint density at radius 2 is 1.75 bits per heavy atom. The van der Waals surface area contributed by atoms with Gasteiger partial charge in [-0.05, 0) is 19.2 Å². The zero-order valence-electron chi connectivity index (χ0n) is 13.9. The van der Waals surface area contributed by atoms with Gasteiger partial charge < -0.3 is 10.4 Å². The van der Waals surface area contributed by atoms with Crippen LogP contribution in [0.3, 0.4) is 0 Å². The second-order valence-electron chi connectivity index (χ2n) is 6.06. The molecule has 124 valence electrons. The molecule has 0 amide bonds. The highest BCUT2D eigenvalue weighted by Crippen LogP contribution is 2.27.